The van der Waals surface area contributed by atoms with E-state index in [2.05, 4.69) is 74.8 Å². The van der Waals surface area contributed by atoms with Crippen molar-refractivity contribution >= 4 is 0 Å². The van der Waals surface area contributed by atoms with E-state index < -0.39 is 0 Å². The molecule has 1 aliphatic rings. The van der Waals surface area contributed by atoms with E-state index in [1.165, 1.54) is 11.1 Å². The third kappa shape index (κ3) is 3.90. The lowest BCUT2D eigenvalue weighted by atomic mass is 9.91. The Kier molecular flexibility index (Phi) is 5.25. The van der Waals surface area contributed by atoms with Crippen LogP contribution in [0.15, 0.2) is 67.3 Å². The summed E-state index contributed by atoms with van der Waals surface area (Å²) in [4.78, 5) is 11.0. The molecule has 0 bridgehead atoms. The summed E-state index contributed by atoms with van der Waals surface area (Å²) >= 11 is 0. The van der Waals surface area contributed by atoms with Crippen molar-refractivity contribution in [3.8, 4) is 5.95 Å². The van der Waals surface area contributed by atoms with E-state index in [9.17, 15) is 0 Å². The summed E-state index contributed by atoms with van der Waals surface area (Å²) < 4.78 is 1.81. The zero-order valence-corrected chi connectivity index (χ0v) is 15.5. The summed E-state index contributed by atoms with van der Waals surface area (Å²) in [7, 11) is 0. The molecule has 1 aliphatic heterocycles. The van der Waals surface area contributed by atoms with Gasteiger partial charge in [0.25, 0.3) is 5.95 Å². The maximum Gasteiger partial charge on any atom is 0.250 e. The quantitative estimate of drug-likeness (QED) is 0.758. The van der Waals surface area contributed by atoms with E-state index in [4.69, 9.17) is 0 Å². The number of nitrogens with zero attached hydrogens (tertiary/aromatic N) is 5. The van der Waals surface area contributed by atoms with Crippen LogP contribution in [-0.4, -0.2) is 50.8 Å². The third-order valence-corrected chi connectivity index (χ3v) is 4.92. The van der Waals surface area contributed by atoms with Crippen LogP contribution in [0, 0.1) is 6.92 Å². The molecule has 0 radical (unpaired) electrons. The Hall–Kier alpha value is -2.99. The van der Waals surface area contributed by atoms with Crippen molar-refractivity contribution in [3.05, 3.63) is 84.1 Å². The number of aromatic nitrogens is 4. The highest BCUT2D eigenvalue weighted by Gasteiger charge is 2.19. The second-order valence-electron chi connectivity index (χ2n) is 6.66. The Morgan fingerprint density at radius 2 is 1.78 bits per heavy atom. The maximum atomic E-state index is 4.56. The van der Waals surface area contributed by atoms with Crippen molar-refractivity contribution in [1.29, 1.82) is 0 Å². The van der Waals surface area contributed by atoms with Crippen LogP contribution in [-0.2, 0) is 0 Å². The molecule has 0 saturated carbocycles. The van der Waals surface area contributed by atoms with Crippen molar-refractivity contribution < 1.29 is 0 Å². The smallest absolute Gasteiger partial charge is 0.250 e. The minimum atomic E-state index is 0.138. The van der Waals surface area contributed by atoms with Gasteiger partial charge in [0, 0.05) is 55.7 Å². The minimum absolute atomic E-state index is 0.138. The van der Waals surface area contributed by atoms with Gasteiger partial charge in [-0.05, 0) is 24.8 Å². The topological polar surface area (TPSA) is 58.9 Å². The molecule has 1 saturated heterocycles. The third-order valence-electron chi connectivity index (χ3n) is 4.92. The lowest BCUT2D eigenvalue weighted by molar-refractivity contribution is 0.323. The highest BCUT2D eigenvalue weighted by molar-refractivity contribution is 5.39. The van der Waals surface area contributed by atoms with Gasteiger partial charge in [0.2, 0.25) is 0 Å². The number of hydrogen-bond acceptors (Lipinski definition) is 5. The zero-order chi connectivity index (χ0) is 18.5. The van der Waals surface area contributed by atoms with Crippen LogP contribution in [0.25, 0.3) is 5.95 Å². The number of piperazine rings is 1. The minimum Gasteiger partial charge on any atom is -0.375 e. The number of rotatable bonds is 5. The van der Waals surface area contributed by atoms with E-state index in [0.717, 1.165) is 31.9 Å². The maximum absolute atomic E-state index is 4.56. The van der Waals surface area contributed by atoms with Gasteiger partial charge in [-0.2, -0.15) is 5.10 Å². The molecule has 3 heterocycles. The first-order valence-corrected chi connectivity index (χ1v) is 9.33. The summed E-state index contributed by atoms with van der Waals surface area (Å²) in [5.74, 6) is 0.734. The zero-order valence-electron chi connectivity index (χ0n) is 15.5. The Balaban J connectivity index is 1.69. The average Bonchev–Trinajstić information content (AvgIpc) is 3.12. The second-order valence-corrected chi connectivity index (χ2v) is 6.66. The highest BCUT2D eigenvalue weighted by Crippen LogP contribution is 2.29. The standard InChI is InChI=1S/C21H24N6/c1-17-20(16-25-27(17)21-23-9-5-10-24-21)19(18-6-3-2-4-7-18)8-13-26-14-11-22-12-15-26/h2-10,13,16,19,22H,11-12,14-15H2,1H3/b13-8+. The van der Waals surface area contributed by atoms with Gasteiger partial charge < -0.3 is 10.2 Å². The van der Waals surface area contributed by atoms with E-state index >= 15 is 0 Å². The van der Waals surface area contributed by atoms with Crippen LogP contribution in [0.4, 0.5) is 0 Å². The highest BCUT2D eigenvalue weighted by atomic mass is 15.3. The van der Waals surface area contributed by atoms with E-state index in [-0.39, 0.29) is 5.92 Å². The molecule has 1 N–H and O–H groups in total. The fourth-order valence-corrected chi connectivity index (χ4v) is 3.42. The van der Waals surface area contributed by atoms with Gasteiger partial charge in [-0.3, -0.25) is 0 Å². The first-order valence-electron chi connectivity index (χ1n) is 9.33. The molecule has 3 aromatic rings. The van der Waals surface area contributed by atoms with Crippen LogP contribution in [0.5, 0.6) is 0 Å². The molecule has 1 unspecified atom stereocenters. The molecule has 1 aromatic carbocycles. The van der Waals surface area contributed by atoms with Gasteiger partial charge in [0.1, 0.15) is 0 Å². The van der Waals surface area contributed by atoms with Gasteiger partial charge in [-0.25, -0.2) is 14.6 Å². The number of allylic oxidation sites excluding steroid dienone is 1. The monoisotopic (exact) mass is 360 g/mol. The van der Waals surface area contributed by atoms with Crippen LogP contribution in [0.3, 0.4) is 0 Å². The molecule has 0 aliphatic carbocycles. The summed E-state index contributed by atoms with van der Waals surface area (Å²) in [6.45, 7) is 6.21. The van der Waals surface area contributed by atoms with Crippen molar-refractivity contribution in [1.82, 2.24) is 30.0 Å². The summed E-state index contributed by atoms with van der Waals surface area (Å²) in [6.07, 6.45) is 9.92. The Morgan fingerprint density at radius 3 is 2.52 bits per heavy atom. The SMILES string of the molecule is Cc1c(C(/C=C/N2CCNCC2)c2ccccc2)cnn1-c1ncccn1. The predicted molar refractivity (Wildman–Crippen MR) is 106 cm³/mol. The van der Waals surface area contributed by atoms with E-state index in [1.807, 2.05) is 16.9 Å². The first kappa shape index (κ1) is 17.4. The van der Waals surface area contributed by atoms with Gasteiger partial charge in [-0.1, -0.05) is 36.4 Å². The molecule has 1 atom stereocenters. The Labute approximate surface area is 159 Å². The van der Waals surface area contributed by atoms with Crippen LogP contribution in [0.2, 0.25) is 0 Å². The lowest BCUT2D eigenvalue weighted by Crippen LogP contribution is -2.40. The number of benzene rings is 1. The van der Waals surface area contributed by atoms with Crippen LogP contribution < -0.4 is 5.32 Å². The largest absolute Gasteiger partial charge is 0.375 e. The first-order chi connectivity index (χ1) is 13.3. The van der Waals surface area contributed by atoms with Crippen molar-refractivity contribution in [3.63, 3.8) is 0 Å². The Morgan fingerprint density at radius 1 is 1.04 bits per heavy atom. The molecule has 1 fully saturated rings. The molecule has 0 amide bonds. The molecule has 4 rings (SSSR count). The molecule has 6 heteroatoms. The molecule has 0 spiro atoms. The molecule has 138 valence electrons. The molecular formula is C21H24N6. The lowest BCUT2D eigenvalue weighted by Gasteiger charge is -2.26. The van der Waals surface area contributed by atoms with Crippen LogP contribution >= 0.6 is 0 Å². The van der Waals surface area contributed by atoms with Gasteiger partial charge in [0.05, 0.1) is 6.20 Å². The summed E-state index contributed by atoms with van der Waals surface area (Å²) in [5.41, 5.74) is 3.47. The van der Waals surface area contributed by atoms with Crippen LogP contribution in [0.1, 0.15) is 22.7 Å². The van der Waals surface area contributed by atoms with E-state index in [0.29, 0.717) is 5.95 Å². The fourth-order valence-electron chi connectivity index (χ4n) is 3.42. The fraction of sp³-hybridized carbons (Fsp3) is 0.286. The predicted octanol–water partition coefficient (Wildman–Crippen LogP) is 2.52. The van der Waals surface area contributed by atoms with Crippen molar-refractivity contribution in [2.75, 3.05) is 26.2 Å². The second kappa shape index (κ2) is 8.14. The Bertz CT molecular complexity index is 882. The summed E-state index contributed by atoms with van der Waals surface area (Å²) in [5, 5.41) is 7.95. The van der Waals surface area contributed by atoms with Crippen molar-refractivity contribution in [2.45, 2.75) is 12.8 Å². The van der Waals surface area contributed by atoms with Gasteiger partial charge in [0.15, 0.2) is 0 Å². The number of nitrogens with one attached hydrogen (secondary N) is 1. The van der Waals surface area contributed by atoms with Gasteiger partial charge in [-0.15, -0.1) is 0 Å². The van der Waals surface area contributed by atoms with Gasteiger partial charge >= 0.3 is 0 Å². The average molecular weight is 360 g/mol. The number of hydrogen-bond donors (Lipinski definition) is 1. The molecule has 6 nitrogen and oxygen atoms in total. The molecular weight excluding hydrogens is 336 g/mol. The van der Waals surface area contributed by atoms with Crippen molar-refractivity contribution in [2.24, 2.45) is 0 Å². The summed E-state index contributed by atoms with van der Waals surface area (Å²) in [6, 6.07) is 12.4. The normalized spacial score (nSPS) is 16.0. The molecule has 2 aromatic heterocycles. The van der Waals surface area contributed by atoms with E-state index in [1.54, 1.807) is 12.4 Å². The molecule has 27 heavy (non-hydrogen) atoms.